The van der Waals surface area contributed by atoms with Crippen LogP contribution in [-0.2, 0) is 15.3 Å². The third-order valence-electron chi connectivity index (χ3n) is 6.17. The van der Waals surface area contributed by atoms with Crippen LogP contribution >= 0.6 is 34.7 Å². The van der Waals surface area contributed by atoms with E-state index < -0.39 is 23.5 Å². The van der Waals surface area contributed by atoms with Gasteiger partial charge in [0.05, 0.1) is 11.6 Å². The number of anilines is 1. The van der Waals surface area contributed by atoms with Gasteiger partial charge in [-0.2, -0.15) is 0 Å². The van der Waals surface area contributed by atoms with Gasteiger partial charge in [0.25, 0.3) is 5.91 Å². The van der Waals surface area contributed by atoms with Crippen molar-refractivity contribution in [2.24, 2.45) is 0 Å². The first-order valence-electron chi connectivity index (χ1n) is 12.5. The van der Waals surface area contributed by atoms with Gasteiger partial charge in [-0.05, 0) is 41.0 Å². The number of aliphatic hydroxyl groups excluding tert-OH is 1. The van der Waals surface area contributed by atoms with Crippen LogP contribution in [0.4, 0.5) is 5.13 Å². The van der Waals surface area contributed by atoms with Crippen molar-refractivity contribution in [2.45, 2.75) is 16.1 Å². The first-order valence-corrected chi connectivity index (χ1v) is 14.7. The molecule has 1 aliphatic heterocycles. The number of ketones is 1. The number of allylic oxidation sites excluding steroid dienone is 1. The number of benzene rings is 3. The predicted octanol–water partition coefficient (Wildman–Crippen LogP) is 7.23. The van der Waals surface area contributed by atoms with Gasteiger partial charge in [-0.1, -0.05) is 114 Å². The lowest BCUT2D eigenvalue weighted by Crippen LogP contribution is -2.30. The maximum atomic E-state index is 13.5. The Labute approximate surface area is 250 Å². The molecule has 1 amide bonds. The van der Waals surface area contributed by atoms with E-state index in [0.717, 1.165) is 11.1 Å². The lowest BCUT2D eigenvalue weighted by molar-refractivity contribution is -0.117. The van der Waals surface area contributed by atoms with Crippen LogP contribution in [-0.4, -0.2) is 33.6 Å². The first-order chi connectivity index (χ1) is 20.0. The second kappa shape index (κ2) is 13.0. The fourth-order valence-corrected chi connectivity index (χ4v) is 6.36. The molecule has 1 N–H and O–H groups in total. The van der Waals surface area contributed by atoms with Crippen molar-refractivity contribution in [1.82, 2.24) is 10.2 Å². The molecule has 4 aromatic rings. The van der Waals surface area contributed by atoms with Gasteiger partial charge in [0.2, 0.25) is 5.13 Å². The van der Waals surface area contributed by atoms with Crippen molar-refractivity contribution in [3.8, 4) is 5.75 Å². The summed E-state index contributed by atoms with van der Waals surface area (Å²) in [6.07, 6.45) is 4.64. The number of halogens is 1. The minimum Gasteiger partial charge on any atom is -0.503 e. The van der Waals surface area contributed by atoms with Crippen LogP contribution in [0, 0.1) is 0 Å². The SMILES string of the molecule is C=CCOc1ccc(C2C(C(=O)/C=C/c3ccccc3)=C(O)C(=O)N2c2nnc(SCc3ccccc3Cl)s2)cc1. The lowest BCUT2D eigenvalue weighted by atomic mass is 9.95. The minimum absolute atomic E-state index is 0.0394. The van der Waals surface area contributed by atoms with Crippen LogP contribution in [0.2, 0.25) is 5.02 Å². The summed E-state index contributed by atoms with van der Waals surface area (Å²) in [6.45, 7) is 3.99. The molecule has 0 saturated carbocycles. The van der Waals surface area contributed by atoms with Gasteiger partial charge in [0, 0.05) is 10.8 Å². The van der Waals surface area contributed by atoms with Crippen molar-refractivity contribution < 1.29 is 19.4 Å². The zero-order chi connectivity index (χ0) is 28.8. The highest BCUT2D eigenvalue weighted by Crippen LogP contribution is 2.43. The summed E-state index contributed by atoms with van der Waals surface area (Å²) in [5.74, 6) is -0.668. The molecular formula is C31H24ClN3O4S2. The minimum atomic E-state index is -0.918. The number of hydrogen-bond donors (Lipinski definition) is 1. The Morgan fingerprint density at radius 2 is 1.80 bits per heavy atom. The van der Waals surface area contributed by atoms with Gasteiger partial charge in [-0.25, -0.2) is 0 Å². The van der Waals surface area contributed by atoms with Gasteiger partial charge in [0.1, 0.15) is 12.4 Å². The van der Waals surface area contributed by atoms with Gasteiger partial charge in [0.15, 0.2) is 15.9 Å². The quantitative estimate of drug-likeness (QED) is 0.0839. The lowest BCUT2D eigenvalue weighted by Gasteiger charge is -2.24. The number of carbonyl (C=O) groups is 2. The average Bonchev–Trinajstić information content (AvgIpc) is 3.57. The summed E-state index contributed by atoms with van der Waals surface area (Å²) in [4.78, 5) is 28.2. The third kappa shape index (κ3) is 6.43. The summed E-state index contributed by atoms with van der Waals surface area (Å²) in [7, 11) is 0. The van der Waals surface area contributed by atoms with E-state index in [-0.39, 0.29) is 10.7 Å². The molecule has 1 aliphatic rings. The van der Waals surface area contributed by atoms with E-state index in [1.165, 1.54) is 34.1 Å². The summed E-state index contributed by atoms with van der Waals surface area (Å²) in [5.41, 5.74) is 2.32. The van der Waals surface area contributed by atoms with Crippen molar-refractivity contribution in [1.29, 1.82) is 0 Å². The fraction of sp³-hybridized carbons (Fsp3) is 0.0968. The van der Waals surface area contributed by atoms with Crippen LogP contribution in [0.5, 0.6) is 5.75 Å². The number of amides is 1. The molecule has 0 saturated heterocycles. The third-order valence-corrected chi connectivity index (χ3v) is 8.65. The van der Waals surface area contributed by atoms with Crippen molar-refractivity contribution >= 4 is 57.6 Å². The Balaban J connectivity index is 1.46. The normalized spacial score (nSPS) is 15.1. The monoisotopic (exact) mass is 601 g/mol. The van der Waals surface area contributed by atoms with E-state index in [2.05, 4.69) is 16.8 Å². The van der Waals surface area contributed by atoms with E-state index in [0.29, 0.717) is 33.0 Å². The molecular weight excluding hydrogens is 578 g/mol. The molecule has 0 radical (unpaired) electrons. The zero-order valence-corrected chi connectivity index (χ0v) is 24.0. The molecule has 5 rings (SSSR count). The van der Waals surface area contributed by atoms with Crippen molar-refractivity contribution in [3.63, 3.8) is 0 Å². The number of aliphatic hydroxyl groups is 1. The molecule has 0 fully saturated rings. The van der Waals surface area contributed by atoms with Gasteiger partial charge < -0.3 is 9.84 Å². The summed E-state index contributed by atoms with van der Waals surface area (Å²) < 4.78 is 6.21. The maximum absolute atomic E-state index is 13.5. The average molecular weight is 602 g/mol. The fourth-order valence-electron chi connectivity index (χ4n) is 4.21. The Morgan fingerprint density at radius 3 is 2.54 bits per heavy atom. The topological polar surface area (TPSA) is 92.6 Å². The van der Waals surface area contributed by atoms with E-state index in [4.69, 9.17) is 16.3 Å². The molecule has 2 heterocycles. The van der Waals surface area contributed by atoms with Gasteiger partial charge in [-0.15, -0.1) is 10.2 Å². The smallest absolute Gasteiger partial charge is 0.296 e. The van der Waals surface area contributed by atoms with Crippen LogP contribution in [0.25, 0.3) is 6.08 Å². The molecule has 1 aromatic heterocycles. The number of ether oxygens (including phenoxy) is 1. The van der Waals surface area contributed by atoms with Crippen molar-refractivity contribution in [2.75, 3.05) is 11.5 Å². The van der Waals surface area contributed by atoms with E-state index in [1.807, 2.05) is 54.6 Å². The second-order valence-electron chi connectivity index (χ2n) is 8.85. The molecule has 0 spiro atoms. The summed E-state index contributed by atoms with van der Waals surface area (Å²) >= 11 is 8.92. The highest BCUT2D eigenvalue weighted by atomic mass is 35.5. The molecule has 1 unspecified atom stereocenters. The molecule has 41 heavy (non-hydrogen) atoms. The van der Waals surface area contributed by atoms with Crippen molar-refractivity contribution in [3.05, 3.63) is 131 Å². The number of hydrogen-bond acceptors (Lipinski definition) is 8. The number of carbonyl (C=O) groups excluding carboxylic acids is 2. The van der Waals surface area contributed by atoms with E-state index in [9.17, 15) is 14.7 Å². The van der Waals surface area contributed by atoms with E-state index in [1.54, 1.807) is 36.4 Å². The maximum Gasteiger partial charge on any atom is 0.296 e. The summed E-state index contributed by atoms with van der Waals surface area (Å²) in [6, 6.07) is 22.9. The molecule has 10 heteroatoms. The zero-order valence-electron chi connectivity index (χ0n) is 21.6. The molecule has 206 valence electrons. The Morgan fingerprint density at radius 1 is 1.07 bits per heavy atom. The molecule has 1 atom stereocenters. The molecule has 0 aliphatic carbocycles. The van der Waals surface area contributed by atoms with Gasteiger partial charge in [-0.3, -0.25) is 14.5 Å². The van der Waals surface area contributed by atoms with E-state index >= 15 is 0 Å². The molecule has 0 bridgehead atoms. The summed E-state index contributed by atoms with van der Waals surface area (Å²) in [5, 5.41) is 20.4. The Hall–Kier alpha value is -4.18. The number of aromatic nitrogens is 2. The van der Waals surface area contributed by atoms with Crippen LogP contribution < -0.4 is 9.64 Å². The predicted molar refractivity (Wildman–Crippen MR) is 163 cm³/mol. The highest BCUT2D eigenvalue weighted by molar-refractivity contribution is 8.00. The van der Waals surface area contributed by atoms with Gasteiger partial charge >= 0.3 is 0 Å². The standard InChI is InChI=1S/C31H24ClN3O4S2/c1-2-18-39-23-15-13-21(14-16-23)27-26(25(36)17-12-20-8-4-3-5-9-20)28(37)29(38)35(27)30-33-34-31(41-30)40-19-22-10-6-7-11-24(22)32/h2-17,27,37H,1,18-19H2/b17-12+. The molecule has 3 aromatic carbocycles. The van der Waals surface area contributed by atoms with Crippen LogP contribution in [0.3, 0.4) is 0 Å². The second-order valence-corrected chi connectivity index (χ2v) is 11.4. The molecule has 7 nitrogen and oxygen atoms in total. The largest absolute Gasteiger partial charge is 0.503 e. The highest BCUT2D eigenvalue weighted by Gasteiger charge is 2.45. The number of thioether (sulfide) groups is 1. The van der Waals surface area contributed by atoms with Crippen LogP contribution in [0.1, 0.15) is 22.7 Å². The number of nitrogens with zero attached hydrogens (tertiary/aromatic N) is 3. The number of rotatable bonds is 11. The Kier molecular flexibility index (Phi) is 8.98. The first kappa shape index (κ1) is 28.4. The van der Waals surface area contributed by atoms with Crippen LogP contribution in [0.15, 0.2) is 113 Å². The Bertz CT molecular complexity index is 1630.